The molecule has 0 heterocycles. The molecular formula is C28H35ClO4. The third-order valence-corrected chi connectivity index (χ3v) is 6.33. The van der Waals surface area contributed by atoms with Crippen LogP contribution in [-0.2, 0) is 16.0 Å². The molecule has 2 aliphatic rings. The van der Waals surface area contributed by atoms with Crippen LogP contribution in [-0.4, -0.2) is 21.8 Å². The lowest BCUT2D eigenvalue weighted by Crippen LogP contribution is -2.24. The molecule has 0 spiro atoms. The van der Waals surface area contributed by atoms with Gasteiger partial charge >= 0.3 is 5.97 Å². The summed E-state index contributed by atoms with van der Waals surface area (Å²) in [6, 6.07) is 5.68. The molecule has 1 aromatic carbocycles. The van der Waals surface area contributed by atoms with Crippen molar-refractivity contribution >= 4 is 17.6 Å². The Morgan fingerprint density at radius 2 is 2.03 bits per heavy atom. The van der Waals surface area contributed by atoms with Crippen molar-refractivity contribution in [1.29, 1.82) is 0 Å². The predicted molar refractivity (Wildman–Crippen MR) is 134 cm³/mol. The summed E-state index contributed by atoms with van der Waals surface area (Å²) >= 11 is 6.69. The predicted octanol–water partition coefficient (Wildman–Crippen LogP) is 7.08. The number of carboxylic acids is 1. The second-order valence-corrected chi connectivity index (χ2v) is 9.67. The number of carboxylic acid groups (broad SMARTS) is 1. The fraction of sp³-hybridized carbons (Fsp3) is 0.464. The molecule has 0 bridgehead atoms. The molecule has 0 amide bonds. The van der Waals surface area contributed by atoms with Crippen LogP contribution in [0.2, 0.25) is 0 Å². The number of ether oxygens (including phenoxy) is 1. The summed E-state index contributed by atoms with van der Waals surface area (Å²) in [5.41, 5.74) is 1.19. The lowest BCUT2D eigenvalue weighted by molar-refractivity contribution is -0.136. The van der Waals surface area contributed by atoms with Gasteiger partial charge in [-0.2, -0.15) is 0 Å². The molecule has 0 saturated heterocycles. The monoisotopic (exact) mass is 470 g/mol. The molecule has 2 aliphatic carbocycles. The fourth-order valence-corrected chi connectivity index (χ4v) is 5.13. The molecule has 1 aromatic rings. The number of hydrogen-bond donors (Lipinski definition) is 2. The summed E-state index contributed by atoms with van der Waals surface area (Å²) in [6.45, 7) is 4.10. The van der Waals surface area contributed by atoms with Gasteiger partial charge in [-0.05, 0) is 81.1 Å². The molecule has 33 heavy (non-hydrogen) atoms. The van der Waals surface area contributed by atoms with E-state index in [-0.39, 0.29) is 24.0 Å². The number of aryl methyl sites for hydroxylation is 1. The average molecular weight is 471 g/mol. The van der Waals surface area contributed by atoms with Crippen molar-refractivity contribution in [3.63, 3.8) is 0 Å². The fourth-order valence-electron chi connectivity index (χ4n) is 4.65. The highest BCUT2D eigenvalue weighted by atomic mass is 35.5. The molecule has 1 saturated carbocycles. The van der Waals surface area contributed by atoms with Crippen LogP contribution in [0, 0.1) is 18.8 Å². The highest BCUT2D eigenvalue weighted by Crippen LogP contribution is 2.45. The van der Waals surface area contributed by atoms with Crippen LogP contribution in [0.5, 0.6) is 5.75 Å². The third kappa shape index (κ3) is 8.02. The van der Waals surface area contributed by atoms with Gasteiger partial charge in [0.15, 0.2) is 0 Å². The van der Waals surface area contributed by atoms with E-state index in [1.54, 1.807) is 0 Å². The Morgan fingerprint density at radius 3 is 2.70 bits per heavy atom. The Kier molecular flexibility index (Phi) is 10.1. The summed E-state index contributed by atoms with van der Waals surface area (Å²) in [5.74, 6) is 0.722. The summed E-state index contributed by atoms with van der Waals surface area (Å²) in [4.78, 5) is 10.9. The third-order valence-electron chi connectivity index (χ3n) is 6.07. The van der Waals surface area contributed by atoms with E-state index in [1.165, 1.54) is 0 Å². The number of terminal acetylenes is 1. The van der Waals surface area contributed by atoms with E-state index >= 15 is 0 Å². The van der Waals surface area contributed by atoms with Crippen molar-refractivity contribution in [3.05, 3.63) is 64.4 Å². The molecule has 0 aromatic heterocycles. The van der Waals surface area contributed by atoms with Gasteiger partial charge in [0.2, 0.25) is 0 Å². The maximum Gasteiger partial charge on any atom is 0.303 e. The standard InChI is InChI=1S/C26H33ClO4.C2H2/c1-26(2,31-21-10-4-3-5-11-21)17-20(27)16-19-9-7-12-22(19)23-13-6-8-18(25(23)30)14-15-24(28)29;1-2/h4,6,8,10-11,13,16,19,22,30H,3,5,7,9,12,14-15,17H2,1-2H3,(H,28,29);1-2H/b20-16-;/t19?,22-;/m0./s1. The van der Waals surface area contributed by atoms with Gasteiger partial charge in [0, 0.05) is 17.9 Å². The van der Waals surface area contributed by atoms with E-state index in [1.807, 2.05) is 24.3 Å². The Morgan fingerprint density at radius 1 is 1.27 bits per heavy atom. The van der Waals surface area contributed by atoms with Crippen LogP contribution in [0.3, 0.4) is 0 Å². The van der Waals surface area contributed by atoms with Gasteiger partial charge in [0.25, 0.3) is 0 Å². The summed E-state index contributed by atoms with van der Waals surface area (Å²) in [6.07, 6.45) is 22.5. The van der Waals surface area contributed by atoms with Crippen LogP contribution in [0.25, 0.3) is 0 Å². The van der Waals surface area contributed by atoms with E-state index in [0.29, 0.717) is 18.4 Å². The Hall–Kier alpha value is -2.64. The van der Waals surface area contributed by atoms with Crippen molar-refractivity contribution in [2.75, 3.05) is 0 Å². The topological polar surface area (TPSA) is 66.8 Å². The molecule has 178 valence electrons. The molecule has 1 unspecified atom stereocenters. The van der Waals surface area contributed by atoms with Crippen LogP contribution < -0.4 is 0 Å². The number of aliphatic carboxylic acids is 1. The number of halogens is 1. The zero-order valence-corrected chi connectivity index (χ0v) is 20.4. The number of hydrogen-bond acceptors (Lipinski definition) is 3. The van der Waals surface area contributed by atoms with E-state index < -0.39 is 11.6 Å². The number of rotatable bonds is 9. The van der Waals surface area contributed by atoms with Crippen LogP contribution in [0.1, 0.15) is 75.8 Å². The molecule has 4 nitrogen and oxygen atoms in total. The first-order chi connectivity index (χ1) is 15.7. The molecule has 3 rings (SSSR count). The average Bonchev–Trinajstić information content (AvgIpc) is 3.21. The van der Waals surface area contributed by atoms with Crippen molar-refractivity contribution < 1.29 is 19.7 Å². The highest BCUT2D eigenvalue weighted by Gasteiger charge is 2.31. The highest BCUT2D eigenvalue weighted by molar-refractivity contribution is 6.29. The number of phenols is 1. The molecule has 0 radical (unpaired) electrons. The number of benzene rings is 1. The summed E-state index contributed by atoms with van der Waals surface area (Å²) < 4.78 is 6.17. The normalized spacial score (nSPS) is 20.5. The van der Waals surface area contributed by atoms with Crippen molar-refractivity contribution in [3.8, 4) is 18.6 Å². The van der Waals surface area contributed by atoms with Crippen molar-refractivity contribution in [2.24, 2.45) is 5.92 Å². The van der Waals surface area contributed by atoms with Crippen LogP contribution in [0.15, 0.2) is 53.3 Å². The molecular weight excluding hydrogens is 436 g/mol. The largest absolute Gasteiger partial charge is 0.507 e. The summed E-state index contributed by atoms with van der Waals surface area (Å²) in [7, 11) is 0. The van der Waals surface area contributed by atoms with Crippen LogP contribution >= 0.6 is 11.6 Å². The van der Waals surface area contributed by atoms with Gasteiger partial charge in [0.1, 0.15) is 17.1 Å². The summed E-state index contributed by atoms with van der Waals surface area (Å²) in [5, 5.41) is 20.5. The van der Waals surface area contributed by atoms with Crippen LogP contribution in [0.4, 0.5) is 0 Å². The van der Waals surface area contributed by atoms with Gasteiger partial charge in [0.05, 0.1) is 0 Å². The van der Waals surface area contributed by atoms with Crippen molar-refractivity contribution in [1.82, 2.24) is 0 Å². The van der Waals surface area contributed by atoms with Gasteiger partial charge in [-0.3, -0.25) is 4.79 Å². The lowest BCUT2D eigenvalue weighted by atomic mass is 9.86. The van der Waals surface area contributed by atoms with Gasteiger partial charge < -0.3 is 14.9 Å². The zero-order chi connectivity index (χ0) is 24.4. The number of allylic oxidation sites excluding steroid dienone is 4. The Balaban J connectivity index is 0.00000187. The van der Waals surface area contributed by atoms with Crippen molar-refractivity contribution in [2.45, 2.75) is 76.7 Å². The van der Waals surface area contributed by atoms with Gasteiger partial charge in [-0.1, -0.05) is 48.4 Å². The zero-order valence-electron chi connectivity index (χ0n) is 19.6. The number of para-hydroxylation sites is 1. The first-order valence-corrected chi connectivity index (χ1v) is 11.9. The number of aromatic hydroxyl groups is 1. The van der Waals surface area contributed by atoms with E-state index in [4.69, 9.17) is 21.4 Å². The SMILES string of the molecule is C#C.CC(C)(C/C(Cl)=C/C1CCC[C@@H]1c1cccc(CCC(=O)O)c1O)OC1=CCCC=C1. The Labute approximate surface area is 203 Å². The maximum atomic E-state index is 10.9. The minimum atomic E-state index is -0.859. The maximum absolute atomic E-state index is 10.9. The molecule has 5 heteroatoms. The van der Waals surface area contributed by atoms with E-state index in [0.717, 1.165) is 48.5 Å². The van der Waals surface area contributed by atoms with Gasteiger partial charge in [-0.15, -0.1) is 12.8 Å². The van der Waals surface area contributed by atoms with Gasteiger partial charge in [-0.25, -0.2) is 0 Å². The second kappa shape index (κ2) is 12.6. The minimum Gasteiger partial charge on any atom is -0.507 e. The lowest BCUT2D eigenvalue weighted by Gasteiger charge is -2.28. The first kappa shape index (κ1) is 26.6. The molecule has 2 atom stereocenters. The van der Waals surface area contributed by atoms with E-state index in [9.17, 15) is 9.90 Å². The first-order valence-electron chi connectivity index (χ1n) is 11.5. The quantitative estimate of drug-likeness (QED) is 0.378. The molecule has 0 aliphatic heterocycles. The molecule has 1 fully saturated rings. The van der Waals surface area contributed by atoms with E-state index in [2.05, 4.69) is 44.9 Å². The minimum absolute atomic E-state index is 0.0115. The molecule has 2 N–H and O–H groups in total. The number of phenolic OH excluding ortho intramolecular Hbond substituents is 1. The smallest absolute Gasteiger partial charge is 0.303 e. The Bertz CT molecular complexity index is 923. The second-order valence-electron chi connectivity index (χ2n) is 9.19. The number of carbonyl (C=O) groups is 1.